The second-order valence-electron chi connectivity index (χ2n) is 4.54. The maximum atomic E-state index is 12.4. The summed E-state index contributed by atoms with van der Waals surface area (Å²) < 4.78 is 5.32. The van der Waals surface area contributed by atoms with Gasteiger partial charge >= 0.3 is 0 Å². The van der Waals surface area contributed by atoms with Gasteiger partial charge in [0.25, 0.3) is 0 Å². The Morgan fingerprint density at radius 2 is 2.29 bits per heavy atom. The minimum absolute atomic E-state index is 0.0178. The second-order valence-corrected chi connectivity index (χ2v) is 4.54. The van der Waals surface area contributed by atoms with E-state index in [4.69, 9.17) is 4.74 Å². The van der Waals surface area contributed by atoms with Crippen LogP contribution in [0.4, 0.5) is 0 Å². The van der Waals surface area contributed by atoms with Gasteiger partial charge in [-0.25, -0.2) is 0 Å². The highest BCUT2D eigenvalue weighted by atomic mass is 16.5. The molecule has 2 heterocycles. The Kier molecular flexibility index (Phi) is 3.63. The van der Waals surface area contributed by atoms with Gasteiger partial charge in [-0.15, -0.1) is 0 Å². The molecule has 2 rings (SSSR count). The molecule has 6 nitrogen and oxygen atoms in total. The van der Waals surface area contributed by atoms with E-state index in [1.165, 1.54) is 0 Å². The van der Waals surface area contributed by atoms with Crippen molar-refractivity contribution in [2.75, 3.05) is 33.4 Å². The number of piperazine rings is 1. The first-order valence-corrected chi connectivity index (χ1v) is 5.98. The van der Waals surface area contributed by atoms with Gasteiger partial charge in [-0.2, -0.15) is 0 Å². The number of hydrogen-bond acceptors (Lipinski definition) is 4. The zero-order chi connectivity index (χ0) is 12.4. The summed E-state index contributed by atoms with van der Waals surface area (Å²) in [5.41, 5.74) is 0. The molecule has 2 saturated heterocycles. The van der Waals surface area contributed by atoms with Gasteiger partial charge in [-0.05, 0) is 14.0 Å². The molecular weight excluding hydrogens is 222 g/mol. The largest absolute Gasteiger partial charge is 0.379 e. The predicted molar refractivity (Wildman–Crippen MR) is 61.3 cm³/mol. The van der Waals surface area contributed by atoms with E-state index in [1.54, 1.807) is 11.8 Å². The van der Waals surface area contributed by atoms with Gasteiger partial charge in [0.15, 0.2) is 0 Å². The first-order valence-electron chi connectivity index (χ1n) is 5.98. The number of carbonyl (C=O) groups is 2. The first kappa shape index (κ1) is 12.3. The Morgan fingerprint density at radius 3 is 3.00 bits per heavy atom. The van der Waals surface area contributed by atoms with Crippen molar-refractivity contribution in [2.24, 2.45) is 5.92 Å². The molecule has 2 aliphatic rings. The van der Waals surface area contributed by atoms with Crippen LogP contribution in [0.2, 0.25) is 0 Å². The Bertz CT molecular complexity index is 321. The third-order valence-corrected chi connectivity index (χ3v) is 3.55. The van der Waals surface area contributed by atoms with E-state index < -0.39 is 0 Å². The third kappa shape index (κ3) is 2.28. The third-order valence-electron chi connectivity index (χ3n) is 3.55. The summed E-state index contributed by atoms with van der Waals surface area (Å²) >= 11 is 0. The minimum atomic E-state index is -0.380. The highest BCUT2D eigenvalue weighted by Gasteiger charge is 2.39. The fourth-order valence-electron chi connectivity index (χ4n) is 2.38. The van der Waals surface area contributed by atoms with Gasteiger partial charge in [0.2, 0.25) is 11.8 Å². The fourth-order valence-corrected chi connectivity index (χ4v) is 2.38. The zero-order valence-electron chi connectivity index (χ0n) is 10.2. The number of ether oxygens (including phenoxy) is 1. The standard InChI is InChI=1S/C11H19N3O3/c1-7-10(15)13-3-4-14(7)11(16)8-5-17-6-9(8)12-2/h7-9,12H,3-6H2,1-2H3,(H,13,15). The molecule has 2 N–H and O–H groups in total. The van der Waals surface area contributed by atoms with E-state index in [0.717, 1.165) is 0 Å². The lowest BCUT2D eigenvalue weighted by Crippen LogP contribution is -2.58. The molecule has 3 unspecified atom stereocenters. The van der Waals surface area contributed by atoms with E-state index in [2.05, 4.69) is 10.6 Å². The van der Waals surface area contributed by atoms with Gasteiger partial charge in [0, 0.05) is 19.1 Å². The van der Waals surface area contributed by atoms with E-state index in [1.807, 2.05) is 7.05 Å². The smallest absolute Gasteiger partial charge is 0.242 e. The van der Waals surface area contributed by atoms with Crippen molar-refractivity contribution in [3.05, 3.63) is 0 Å². The lowest BCUT2D eigenvalue weighted by molar-refractivity contribution is -0.145. The van der Waals surface area contributed by atoms with Gasteiger partial charge in [0.05, 0.1) is 19.1 Å². The summed E-state index contributed by atoms with van der Waals surface area (Å²) in [7, 11) is 1.83. The highest BCUT2D eigenvalue weighted by Crippen LogP contribution is 2.18. The number of nitrogens with one attached hydrogen (secondary N) is 2. The van der Waals surface area contributed by atoms with Crippen LogP contribution >= 0.6 is 0 Å². The van der Waals surface area contributed by atoms with Gasteiger partial charge in [0.1, 0.15) is 6.04 Å². The van der Waals surface area contributed by atoms with Gasteiger partial charge < -0.3 is 20.3 Å². The van der Waals surface area contributed by atoms with Gasteiger partial charge in [-0.1, -0.05) is 0 Å². The molecule has 2 fully saturated rings. The molecule has 0 bridgehead atoms. The molecule has 6 heteroatoms. The molecule has 2 amide bonds. The topological polar surface area (TPSA) is 70.7 Å². The van der Waals surface area contributed by atoms with Crippen LogP contribution in [-0.2, 0) is 14.3 Å². The van der Waals surface area contributed by atoms with Crippen molar-refractivity contribution >= 4 is 11.8 Å². The van der Waals surface area contributed by atoms with Gasteiger partial charge in [-0.3, -0.25) is 9.59 Å². The number of carbonyl (C=O) groups excluding carboxylic acids is 2. The van der Waals surface area contributed by atoms with E-state index in [-0.39, 0.29) is 29.8 Å². The van der Waals surface area contributed by atoms with Crippen LogP contribution in [-0.4, -0.2) is 62.1 Å². The molecule has 17 heavy (non-hydrogen) atoms. The molecule has 3 atom stereocenters. The number of rotatable bonds is 2. The summed E-state index contributed by atoms with van der Waals surface area (Å²) in [5.74, 6) is -0.234. The number of amides is 2. The van der Waals surface area contributed by atoms with Crippen LogP contribution in [0.1, 0.15) is 6.92 Å². The quantitative estimate of drug-likeness (QED) is 0.622. The van der Waals surface area contributed by atoms with Crippen LogP contribution in [0.25, 0.3) is 0 Å². The van der Waals surface area contributed by atoms with Crippen molar-refractivity contribution in [1.82, 2.24) is 15.5 Å². The predicted octanol–water partition coefficient (Wildman–Crippen LogP) is -1.43. The number of likely N-dealkylation sites (N-methyl/N-ethyl adjacent to an activating group) is 1. The number of nitrogens with zero attached hydrogens (tertiary/aromatic N) is 1. The van der Waals surface area contributed by atoms with Crippen molar-refractivity contribution in [2.45, 2.75) is 19.0 Å². The Hall–Kier alpha value is -1.14. The molecule has 0 spiro atoms. The summed E-state index contributed by atoms with van der Waals surface area (Å²) in [6.07, 6.45) is 0. The van der Waals surface area contributed by atoms with E-state index >= 15 is 0 Å². The van der Waals surface area contributed by atoms with Crippen molar-refractivity contribution in [3.63, 3.8) is 0 Å². The van der Waals surface area contributed by atoms with Crippen LogP contribution in [0.3, 0.4) is 0 Å². The Labute approximate surface area is 101 Å². The first-order chi connectivity index (χ1) is 8.15. The maximum Gasteiger partial charge on any atom is 0.242 e. The summed E-state index contributed by atoms with van der Waals surface area (Å²) in [6.45, 7) is 3.87. The Morgan fingerprint density at radius 1 is 1.53 bits per heavy atom. The molecule has 0 radical (unpaired) electrons. The normalized spacial score (nSPS) is 33.6. The maximum absolute atomic E-state index is 12.4. The van der Waals surface area contributed by atoms with Crippen LogP contribution in [0, 0.1) is 5.92 Å². The Balaban J connectivity index is 2.06. The van der Waals surface area contributed by atoms with E-state index in [0.29, 0.717) is 26.3 Å². The average Bonchev–Trinajstić information content (AvgIpc) is 2.80. The van der Waals surface area contributed by atoms with Crippen LogP contribution in [0.5, 0.6) is 0 Å². The highest BCUT2D eigenvalue weighted by molar-refractivity contribution is 5.89. The summed E-state index contributed by atoms with van der Waals surface area (Å²) in [4.78, 5) is 25.5. The molecule has 0 aromatic carbocycles. The molecule has 0 saturated carbocycles. The average molecular weight is 241 g/mol. The molecule has 2 aliphatic heterocycles. The molecule has 0 aromatic rings. The molecular formula is C11H19N3O3. The summed E-state index contributed by atoms with van der Waals surface area (Å²) in [5, 5.41) is 5.84. The SMILES string of the molecule is CNC1COCC1C(=O)N1CCNC(=O)C1C. The monoisotopic (exact) mass is 241 g/mol. The number of hydrogen-bond donors (Lipinski definition) is 2. The minimum Gasteiger partial charge on any atom is -0.379 e. The molecule has 0 aromatic heterocycles. The molecule has 0 aliphatic carbocycles. The lowest BCUT2D eigenvalue weighted by Gasteiger charge is -2.35. The second kappa shape index (κ2) is 5.01. The molecule has 96 valence electrons. The van der Waals surface area contributed by atoms with Crippen LogP contribution in [0.15, 0.2) is 0 Å². The lowest BCUT2D eigenvalue weighted by atomic mass is 10.0. The van der Waals surface area contributed by atoms with Crippen molar-refractivity contribution in [1.29, 1.82) is 0 Å². The van der Waals surface area contributed by atoms with Crippen LogP contribution < -0.4 is 10.6 Å². The zero-order valence-corrected chi connectivity index (χ0v) is 10.2. The van der Waals surface area contributed by atoms with E-state index in [9.17, 15) is 9.59 Å². The summed E-state index contributed by atoms with van der Waals surface area (Å²) in [6, 6.07) is -0.325. The van der Waals surface area contributed by atoms with Crippen molar-refractivity contribution < 1.29 is 14.3 Å². The van der Waals surface area contributed by atoms with Crippen molar-refractivity contribution in [3.8, 4) is 0 Å². The fraction of sp³-hybridized carbons (Fsp3) is 0.818.